The van der Waals surface area contributed by atoms with Crippen LogP contribution in [-0.2, 0) is 10.0 Å². The zero-order valence-electron chi connectivity index (χ0n) is 13.0. The standard InChI is InChI=1S/C16H14Cl2N4O2S/c17-12-7-6-11(10-13(12)18)25(23,24)22-9-3-4-14(22)16-20-19-15-5-1-2-8-21(15)16/h1-2,5-8,10,14H,3-4,9H2/t14-/m1/s1. The molecule has 3 aromatic rings. The van der Waals surface area contributed by atoms with E-state index in [0.717, 1.165) is 6.42 Å². The minimum absolute atomic E-state index is 0.127. The van der Waals surface area contributed by atoms with Crippen molar-refractivity contribution in [2.75, 3.05) is 6.54 Å². The predicted octanol–water partition coefficient (Wildman–Crippen LogP) is 3.56. The van der Waals surface area contributed by atoms with E-state index in [9.17, 15) is 8.42 Å². The number of sulfonamides is 1. The summed E-state index contributed by atoms with van der Waals surface area (Å²) in [6.45, 7) is 0.426. The van der Waals surface area contributed by atoms with Gasteiger partial charge < -0.3 is 0 Å². The molecule has 6 nitrogen and oxygen atoms in total. The van der Waals surface area contributed by atoms with Crippen LogP contribution in [0.25, 0.3) is 5.65 Å². The number of halogens is 2. The SMILES string of the molecule is O=S(=O)(c1ccc(Cl)c(Cl)c1)N1CCC[C@@H]1c1nnc2ccccn12. The summed E-state index contributed by atoms with van der Waals surface area (Å²) in [5, 5.41) is 8.89. The molecule has 0 spiro atoms. The highest BCUT2D eigenvalue weighted by Crippen LogP contribution is 2.37. The number of hydrogen-bond acceptors (Lipinski definition) is 4. The maximum atomic E-state index is 13.1. The largest absolute Gasteiger partial charge is 0.285 e. The van der Waals surface area contributed by atoms with E-state index < -0.39 is 10.0 Å². The van der Waals surface area contributed by atoms with Gasteiger partial charge in [-0.3, -0.25) is 4.40 Å². The Hall–Kier alpha value is -1.67. The first-order valence-corrected chi connectivity index (χ1v) is 9.94. The lowest BCUT2D eigenvalue weighted by Gasteiger charge is -2.23. The lowest BCUT2D eigenvalue weighted by Crippen LogP contribution is -2.31. The minimum Gasteiger partial charge on any atom is -0.285 e. The van der Waals surface area contributed by atoms with E-state index >= 15 is 0 Å². The van der Waals surface area contributed by atoms with Crippen molar-refractivity contribution < 1.29 is 8.42 Å². The molecule has 3 heterocycles. The van der Waals surface area contributed by atoms with Gasteiger partial charge in [-0.1, -0.05) is 29.3 Å². The second kappa shape index (κ2) is 6.25. The van der Waals surface area contributed by atoms with Gasteiger partial charge in [0, 0.05) is 12.7 Å². The second-order valence-corrected chi connectivity index (χ2v) is 8.54. The van der Waals surface area contributed by atoms with Crippen LogP contribution in [0.2, 0.25) is 10.0 Å². The number of rotatable bonds is 3. The van der Waals surface area contributed by atoms with Crippen LogP contribution in [0.15, 0.2) is 47.5 Å². The van der Waals surface area contributed by atoms with Gasteiger partial charge in [-0.05, 0) is 43.2 Å². The van der Waals surface area contributed by atoms with Crippen LogP contribution < -0.4 is 0 Å². The van der Waals surface area contributed by atoms with Crippen LogP contribution in [0.4, 0.5) is 0 Å². The first-order chi connectivity index (χ1) is 12.0. The van der Waals surface area contributed by atoms with Crippen molar-refractivity contribution in [2.24, 2.45) is 0 Å². The van der Waals surface area contributed by atoms with Crippen molar-refractivity contribution >= 4 is 38.9 Å². The van der Waals surface area contributed by atoms with E-state index in [-0.39, 0.29) is 16.0 Å². The molecule has 0 unspecified atom stereocenters. The Bertz CT molecular complexity index is 1050. The minimum atomic E-state index is -3.71. The monoisotopic (exact) mass is 396 g/mol. The summed E-state index contributed by atoms with van der Waals surface area (Å²) >= 11 is 11.9. The average molecular weight is 397 g/mol. The third-order valence-electron chi connectivity index (χ3n) is 4.34. The fourth-order valence-corrected chi connectivity index (χ4v) is 5.19. The fraction of sp³-hybridized carbons (Fsp3) is 0.250. The summed E-state index contributed by atoms with van der Waals surface area (Å²) in [5.74, 6) is 0.622. The maximum absolute atomic E-state index is 13.1. The quantitative estimate of drug-likeness (QED) is 0.678. The molecule has 1 atom stereocenters. The smallest absolute Gasteiger partial charge is 0.243 e. The summed E-state index contributed by atoms with van der Waals surface area (Å²) < 4.78 is 29.5. The second-order valence-electron chi connectivity index (χ2n) is 5.84. The number of benzene rings is 1. The molecule has 9 heteroatoms. The number of fused-ring (bicyclic) bond motifs is 1. The molecule has 0 radical (unpaired) electrons. The van der Waals surface area contributed by atoms with E-state index in [1.165, 1.54) is 22.5 Å². The topological polar surface area (TPSA) is 67.6 Å². The molecule has 1 aromatic carbocycles. The Morgan fingerprint density at radius 2 is 1.92 bits per heavy atom. The molecule has 1 aliphatic heterocycles. The first kappa shape index (κ1) is 16.8. The Labute approximate surface area is 155 Å². The Morgan fingerprint density at radius 1 is 1.08 bits per heavy atom. The molecule has 1 saturated heterocycles. The molecule has 1 aliphatic rings. The van der Waals surface area contributed by atoms with Crippen molar-refractivity contribution in [1.82, 2.24) is 18.9 Å². The van der Waals surface area contributed by atoms with Crippen molar-refractivity contribution in [3.05, 3.63) is 58.5 Å². The van der Waals surface area contributed by atoms with Gasteiger partial charge in [-0.25, -0.2) is 8.42 Å². The molecule has 0 saturated carbocycles. The first-order valence-electron chi connectivity index (χ1n) is 7.75. The van der Waals surface area contributed by atoms with Crippen LogP contribution in [0.3, 0.4) is 0 Å². The molecule has 1 fully saturated rings. The molecular formula is C16H14Cl2N4O2S. The highest BCUT2D eigenvalue weighted by molar-refractivity contribution is 7.89. The third-order valence-corrected chi connectivity index (χ3v) is 6.98. The normalized spacial score (nSPS) is 18.9. The zero-order valence-corrected chi connectivity index (χ0v) is 15.3. The van der Waals surface area contributed by atoms with Crippen LogP contribution in [0.5, 0.6) is 0 Å². The summed E-state index contributed by atoms with van der Waals surface area (Å²) in [6.07, 6.45) is 3.29. The molecule has 25 heavy (non-hydrogen) atoms. The summed E-state index contributed by atoms with van der Waals surface area (Å²) in [6, 6.07) is 9.56. The number of hydrogen-bond donors (Lipinski definition) is 0. The van der Waals surface area contributed by atoms with E-state index in [0.29, 0.717) is 29.5 Å². The molecule has 130 valence electrons. The maximum Gasteiger partial charge on any atom is 0.243 e. The van der Waals surface area contributed by atoms with Gasteiger partial charge >= 0.3 is 0 Å². The molecule has 4 rings (SSSR count). The van der Waals surface area contributed by atoms with Gasteiger partial charge in [0.25, 0.3) is 0 Å². The number of pyridine rings is 1. The van der Waals surface area contributed by atoms with Crippen molar-refractivity contribution in [2.45, 2.75) is 23.8 Å². The van der Waals surface area contributed by atoms with Gasteiger partial charge in [0.15, 0.2) is 11.5 Å². The van der Waals surface area contributed by atoms with E-state index in [4.69, 9.17) is 23.2 Å². The predicted molar refractivity (Wildman–Crippen MR) is 95.3 cm³/mol. The molecule has 2 aromatic heterocycles. The van der Waals surface area contributed by atoms with Crippen LogP contribution in [-0.4, -0.2) is 33.9 Å². The van der Waals surface area contributed by atoms with Crippen LogP contribution in [0, 0.1) is 0 Å². The third kappa shape index (κ3) is 2.81. The molecule has 0 aliphatic carbocycles. The van der Waals surface area contributed by atoms with E-state index in [2.05, 4.69) is 10.2 Å². The van der Waals surface area contributed by atoms with Crippen molar-refractivity contribution in [3.8, 4) is 0 Å². The summed E-state index contributed by atoms with van der Waals surface area (Å²) in [7, 11) is -3.71. The Kier molecular flexibility index (Phi) is 4.19. The van der Waals surface area contributed by atoms with Gasteiger partial charge in [-0.15, -0.1) is 10.2 Å². The van der Waals surface area contributed by atoms with Crippen LogP contribution in [0.1, 0.15) is 24.7 Å². The zero-order chi connectivity index (χ0) is 17.6. The van der Waals surface area contributed by atoms with Gasteiger partial charge in [-0.2, -0.15) is 4.31 Å². The number of nitrogens with zero attached hydrogens (tertiary/aromatic N) is 4. The lowest BCUT2D eigenvalue weighted by atomic mass is 10.2. The summed E-state index contributed by atoms with van der Waals surface area (Å²) in [5.41, 5.74) is 0.691. The Morgan fingerprint density at radius 3 is 2.72 bits per heavy atom. The highest BCUT2D eigenvalue weighted by Gasteiger charge is 2.38. The summed E-state index contributed by atoms with van der Waals surface area (Å²) in [4.78, 5) is 0.127. The van der Waals surface area contributed by atoms with E-state index in [1.54, 1.807) is 0 Å². The van der Waals surface area contributed by atoms with E-state index in [1.807, 2.05) is 28.8 Å². The molecule has 0 amide bonds. The fourth-order valence-electron chi connectivity index (χ4n) is 3.15. The molecular weight excluding hydrogens is 383 g/mol. The Balaban J connectivity index is 1.77. The van der Waals surface area contributed by atoms with Crippen molar-refractivity contribution in [3.63, 3.8) is 0 Å². The van der Waals surface area contributed by atoms with Gasteiger partial charge in [0.2, 0.25) is 10.0 Å². The van der Waals surface area contributed by atoms with Gasteiger partial charge in [0.1, 0.15) is 0 Å². The molecule has 0 bridgehead atoms. The van der Waals surface area contributed by atoms with Crippen molar-refractivity contribution in [1.29, 1.82) is 0 Å². The lowest BCUT2D eigenvalue weighted by molar-refractivity contribution is 0.381. The highest BCUT2D eigenvalue weighted by atomic mass is 35.5. The number of aromatic nitrogens is 3. The van der Waals surface area contributed by atoms with Gasteiger partial charge in [0.05, 0.1) is 21.0 Å². The average Bonchev–Trinajstić information content (AvgIpc) is 3.23. The van der Waals surface area contributed by atoms with Crippen LogP contribution >= 0.6 is 23.2 Å². The molecule has 0 N–H and O–H groups in total.